The molecular formula is C15H12N2O3. The van der Waals surface area contributed by atoms with Gasteiger partial charge in [0.2, 0.25) is 0 Å². The number of carbonyl (C=O) groups is 1. The number of hydrogen-bond donors (Lipinski definition) is 1. The highest BCUT2D eigenvalue weighted by molar-refractivity contribution is 6.07. The van der Waals surface area contributed by atoms with Gasteiger partial charge >= 0.3 is 0 Å². The topological polar surface area (TPSA) is 86.2 Å². The molecule has 2 aromatic carbocycles. The highest BCUT2D eigenvalue weighted by Gasteiger charge is 2.15. The average molecular weight is 268 g/mol. The third kappa shape index (κ3) is 2.89. The summed E-state index contributed by atoms with van der Waals surface area (Å²) in [5, 5.41) is 11.0. The summed E-state index contributed by atoms with van der Waals surface area (Å²) in [6, 6.07) is 13.3. The molecule has 0 aliphatic carbocycles. The van der Waals surface area contributed by atoms with Crippen LogP contribution in [-0.2, 0) is 0 Å². The fourth-order valence-electron chi connectivity index (χ4n) is 1.79. The van der Waals surface area contributed by atoms with Gasteiger partial charge in [-0.2, -0.15) is 0 Å². The van der Waals surface area contributed by atoms with Crippen molar-refractivity contribution in [3.63, 3.8) is 0 Å². The van der Waals surface area contributed by atoms with Gasteiger partial charge in [0.1, 0.15) is 5.69 Å². The molecule has 0 unspecified atom stereocenters. The van der Waals surface area contributed by atoms with Gasteiger partial charge in [-0.3, -0.25) is 14.9 Å². The minimum absolute atomic E-state index is 0.0734. The molecule has 5 heteroatoms. The van der Waals surface area contributed by atoms with Crippen molar-refractivity contribution in [3.8, 4) is 0 Å². The van der Waals surface area contributed by atoms with Crippen LogP contribution in [0.2, 0.25) is 0 Å². The van der Waals surface area contributed by atoms with Crippen molar-refractivity contribution < 1.29 is 9.72 Å². The largest absolute Gasteiger partial charge is 0.393 e. The smallest absolute Gasteiger partial charge is 0.299 e. The number of nitro benzene ring substituents is 1. The first-order valence-corrected chi connectivity index (χ1v) is 5.90. The van der Waals surface area contributed by atoms with E-state index in [4.69, 9.17) is 5.73 Å². The third-order valence-corrected chi connectivity index (χ3v) is 2.75. The van der Waals surface area contributed by atoms with E-state index in [1.807, 2.05) is 6.07 Å². The molecule has 0 atom stereocenters. The molecule has 0 aliphatic heterocycles. The molecule has 2 rings (SSSR count). The molecule has 0 heterocycles. The van der Waals surface area contributed by atoms with Crippen LogP contribution in [0.25, 0.3) is 6.08 Å². The van der Waals surface area contributed by atoms with Crippen LogP contribution in [0.15, 0.2) is 54.6 Å². The number of anilines is 1. The standard InChI is InChI=1S/C15H12N2O3/c16-13-8-4-7-12(15(13)17(19)20)9-10-14(18)11-5-2-1-3-6-11/h1-10H,16H2. The molecule has 2 aromatic rings. The lowest BCUT2D eigenvalue weighted by Gasteiger charge is -2.00. The molecule has 0 saturated heterocycles. The molecule has 100 valence electrons. The first-order chi connectivity index (χ1) is 9.59. The lowest BCUT2D eigenvalue weighted by molar-refractivity contribution is -0.384. The number of nitrogens with zero attached hydrogens (tertiary/aromatic N) is 1. The van der Waals surface area contributed by atoms with Crippen molar-refractivity contribution in [2.24, 2.45) is 0 Å². The maximum atomic E-state index is 11.9. The molecular weight excluding hydrogens is 256 g/mol. The van der Waals surface area contributed by atoms with Gasteiger partial charge in [-0.1, -0.05) is 36.4 Å². The molecule has 0 spiro atoms. The predicted molar refractivity (Wildman–Crippen MR) is 77.3 cm³/mol. The second-order valence-electron chi connectivity index (χ2n) is 4.11. The van der Waals surface area contributed by atoms with Gasteiger partial charge in [0, 0.05) is 5.56 Å². The van der Waals surface area contributed by atoms with E-state index >= 15 is 0 Å². The monoisotopic (exact) mass is 268 g/mol. The van der Waals surface area contributed by atoms with Gasteiger partial charge in [-0.25, -0.2) is 0 Å². The number of nitrogens with two attached hydrogens (primary N) is 1. The maximum Gasteiger partial charge on any atom is 0.299 e. The normalized spacial score (nSPS) is 10.6. The van der Waals surface area contributed by atoms with Gasteiger partial charge < -0.3 is 5.73 Å². The van der Waals surface area contributed by atoms with Gasteiger partial charge in [0.25, 0.3) is 5.69 Å². The van der Waals surface area contributed by atoms with Crippen molar-refractivity contribution >= 4 is 23.2 Å². The fraction of sp³-hybridized carbons (Fsp3) is 0. The zero-order valence-electron chi connectivity index (χ0n) is 10.5. The van der Waals surface area contributed by atoms with E-state index in [1.165, 1.54) is 18.2 Å². The van der Waals surface area contributed by atoms with Crippen LogP contribution in [0.3, 0.4) is 0 Å². The third-order valence-electron chi connectivity index (χ3n) is 2.75. The van der Waals surface area contributed by atoms with Gasteiger partial charge in [0.15, 0.2) is 5.78 Å². The molecule has 0 fully saturated rings. The number of para-hydroxylation sites is 1. The molecule has 0 radical (unpaired) electrons. The van der Waals surface area contributed by atoms with E-state index in [0.29, 0.717) is 11.1 Å². The minimum Gasteiger partial charge on any atom is -0.393 e. The Morgan fingerprint density at radius 2 is 1.80 bits per heavy atom. The Hall–Kier alpha value is -2.95. The Kier molecular flexibility index (Phi) is 3.91. The van der Waals surface area contributed by atoms with Crippen LogP contribution >= 0.6 is 0 Å². The van der Waals surface area contributed by atoms with E-state index in [2.05, 4.69) is 0 Å². The van der Waals surface area contributed by atoms with E-state index < -0.39 is 4.92 Å². The fourth-order valence-corrected chi connectivity index (χ4v) is 1.79. The molecule has 0 aliphatic rings. The van der Waals surface area contributed by atoms with Crippen LogP contribution in [0.5, 0.6) is 0 Å². The molecule has 0 bridgehead atoms. The molecule has 20 heavy (non-hydrogen) atoms. The highest BCUT2D eigenvalue weighted by atomic mass is 16.6. The van der Waals surface area contributed by atoms with Gasteiger partial charge in [-0.15, -0.1) is 0 Å². The van der Waals surface area contributed by atoms with E-state index in [0.717, 1.165) is 0 Å². The number of nitrogen functional groups attached to an aromatic ring is 1. The molecule has 2 N–H and O–H groups in total. The van der Waals surface area contributed by atoms with Gasteiger partial charge in [0.05, 0.1) is 10.5 Å². The van der Waals surface area contributed by atoms with Crippen LogP contribution in [-0.4, -0.2) is 10.7 Å². The highest BCUT2D eigenvalue weighted by Crippen LogP contribution is 2.26. The average Bonchev–Trinajstić information content (AvgIpc) is 2.45. The van der Waals surface area contributed by atoms with Crippen LogP contribution < -0.4 is 5.73 Å². The summed E-state index contributed by atoms with van der Waals surface area (Å²) in [5.74, 6) is -0.220. The number of allylic oxidation sites excluding steroid dienone is 1. The SMILES string of the molecule is Nc1cccc(C=CC(=O)c2ccccc2)c1[N+](=O)[O-]. The summed E-state index contributed by atoms with van der Waals surface area (Å²) < 4.78 is 0. The van der Waals surface area contributed by atoms with Crippen molar-refractivity contribution in [3.05, 3.63) is 75.8 Å². The van der Waals surface area contributed by atoms with Gasteiger partial charge in [-0.05, 0) is 24.3 Å². The summed E-state index contributed by atoms with van der Waals surface area (Å²) in [4.78, 5) is 22.3. The quantitative estimate of drug-likeness (QED) is 0.303. The summed E-state index contributed by atoms with van der Waals surface area (Å²) in [6.07, 6.45) is 2.71. The maximum absolute atomic E-state index is 11.9. The first kappa shape index (κ1) is 13.5. The zero-order valence-corrected chi connectivity index (χ0v) is 10.5. The Labute approximate surface area is 115 Å². The summed E-state index contributed by atoms with van der Waals surface area (Å²) in [7, 11) is 0. The minimum atomic E-state index is -0.554. The second-order valence-corrected chi connectivity index (χ2v) is 4.11. The van der Waals surface area contributed by atoms with E-state index in [1.54, 1.807) is 36.4 Å². The molecule has 5 nitrogen and oxygen atoms in total. The predicted octanol–water partition coefficient (Wildman–Crippen LogP) is 3.07. The Morgan fingerprint density at radius 1 is 1.10 bits per heavy atom. The van der Waals surface area contributed by atoms with Crippen LogP contribution in [0.4, 0.5) is 11.4 Å². The number of rotatable bonds is 4. The van der Waals surface area contributed by atoms with Crippen LogP contribution in [0, 0.1) is 10.1 Å². The summed E-state index contributed by atoms with van der Waals surface area (Å²) in [6.45, 7) is 0. The molecule has 0 saturated carbocycles. The molecule has 0 aromatic heterocycles. The lowest BCUT2D eigenvalue weighted by Crippen LogP contribution is -1.98. The van der Waals surface area contributed by atoms with Crippen LogP contribution in [0.1, 0.15) is 15.9 Å². The summed E-state index contributed by atoms with van der Waals surface area (Å²) in [5.41, 5.74) is 6.29. The number of carbonyl (C=O) groups excluding carboxylic acids is 1. The van der Waals surface area contributed by atoms with E-state index in [9.17, 15) is 14.9 Å². The number of ketones is 1. The number of nitro groups is 1. The Morgan fingerprint density at radius 3 is 2.45 bits per heavy atom. The zero-order chi connectivity index (χ0) is 14.5. The number of benzene rings is 2. The first-order valence-electron chi connectivity index (χ1n) is 5.90. The van der Waals surface area contributed by atoms with Crippen molar-refractivity contribution in [2.75, 3.05) is 5.73 Å². The molecule has 0 amide bonds. The van der Waals surface area contributed by atoms with Crippen molar-refractivity contribution in [1.29, 1.82) is 0 Å². The van der Waals surface area contributed by atoms with Crippen molar-refractivity contribution in [1.82, 2.24) is 0 Å². The van der Waals surface area contributed by atoms with Crippen molar-refractivity contribution in [2.45, 2.75) is 0 Å². The Balaban J connectivity index is 2.31. The Bertz CT molecular complexity index is 679. The second kappa shape index (κ2) is 5.79. The van der Waals surface area contributed by atoms with E-state index in [-0.39, 0.29) is 17.2 Å². The lowest BCUT2D eigenvalue weighted by atomic mass is 10.1. The number of hydrogen-bond acceptors (Lipinski definition) is 4. The summed E-state index contributed by atoms with van der Waals surface area (Å²) >= 11 is 0.